The molecule has 1 aromatic heterocycles. The first-order valence-electron chi connectivity index (χ1n) is 7.72. The highest BCUT2D eigenvalue weighted by Gasteiger charge is 2.24. The van der Waals surface area contributed by atoms with Crippen molar-refractivity contribution >= 4 is 5.91 Å². The van der Waals surface area contributed by atoms with Crippen LogP contribution in [0, 0.1) is 0 Å². The fraction of sp³-hybridized carbons (Fsp3) is 0.158. The molecule has 5 heteroatoms. The van der Waals surface area contributed by atoms with Crippen LogP contribution in [0.4, 0.5) is 0 Å². The van der Waals surface area contributed by atoms with Gasteiger partial charge < -0.3 is 10.4 Å². The van der Waals surface area contributed by atoms with Crippen LogP contribution in [0.15, 0.2) is 73.2 Å². The van der Waals surface area contributed by atoms with Gasteiger partial charge in [-0.05, 0) is 24.6 Å². The van der Waals surface area contributed by atoms with Crippen LogP contribution < -0.4 is 5.32 Å². The van der Waals surface area contributed by atoms with Crippen LogP contribution in [0.25, 0.3) is 5.69 Å². The van der Waals surface area contributed by atoms with E-state index < -0.39 is 5.60 Å². The minimum Gasteiger partial charge on any atom is -0.384 e. The largest absolute Gasteiger partial charge is 0.384 e. The van der Waals surface area contributed by atoms with Crippen LogP contribution in [0.2, 0.25) is 0 Å². The van der Waals surface area contributed by atoms with Crippen LogP contribution in [-0.2, 0) is 5.60 Å². The number of aromatic nitrogens is 2. The summed E-state index contributed by atoms with van der Waals surface area (Å²) in [5, 5.41) is 13.4. The Labute approximate surface area is 140 Å². The monoisotopic (exact) mass is 321 g/mol. The predicted molar refractivity (Wildman–Crippen MR) is 91.9 cm³/mol. The predicted octanol–water partition coefficient (Wildman–Crippen LogP) is 2.51. The van der Waals surface area contributed by atoms with Crippen molar-refractivity contribution in [3.05, 3.63) is 84.4 Å². The first-order chi connectivity index (χ1) is 11.6. The molecule has 5 nitrogen and oxygen atoms in total. The minimum atomic E-state index is -1.14. The van der Waals surface area contributed by atoms with Crippen molar-refractivity contribution in [1.29, 1.82) is 0 Å². The molecule has 2 N–H and O–H groups in total. The Morgan fingerprint density at radius 1 is 1.12 bits per heavy atom. The molecule has 1 amide bonds. The Balaban J connectivity index is 1.74. The van der Waals surface area contributed by atoms with Gasteiger partial charge in [0.15, 0.2) is 0 Å². The summed E-state index contributed by atoms with van der Waals surface area (Å²) in [6, 6.07) is 18.8. The second-order valence-electron chi connectivity index (χ2n) is 5.81. The van der Waals surface area contributed by atoms with Crippen LogP contribution in [0.3, 0.4) is 0 Å². The van der Waals surface area contributed by atoms with Gasteiger partial charge >= 0.3 is 0 Å². The SMILES string of the molecule is C[C@@](O)(CNC(=O)c1cncn1-c1ccccc1)c1ccccc1. The van der Waals surface area contributed by atoms with Crippen molar-refractivity contribution in [1.82, 2.24) is 14.9 Å². The molecule has 1 atom stereocenters. The Morgan fingerprint density at radius 2 is 1.75 bits per heavy atom. The fourth-order valence-corrected chi connectivity index (χ4v) is 2.50. The number of benzene rings is 2. The van der Waals surface area contributed by atoms with Gasteiger partial charge in [-0.2, -0.15) is 0 Å². The lowest BCUT2D eigenvalue weighted by Gasteiger charge is -2.24. The lowest BCUT2D eigenvalue weighted by molar-refractivity contribution is 0.0524. The smallest absolute Gasteiger partial charge is 0.270 e. The lowest BCUT2D eigenvalue weighted by Crippen LogP contribution is -2.39. The van der Waals surface area contributed by atoms with E-state index in [-0.39, 0.29) is 12.5 Å². The van der Waals surface area contributed by atoms with Gasteiger partial charge in [0.1, 0.15) is 11.3 Å². The van der Waals surface area contributed by atoms with Crippen molar-refractivity contribution in [3.63, 3.8) is 0 Å². The maximum Gasteiger partial charge on any atom is 0.270 e. The highest BCUT2D eigenvalue weighted by atomic mass is 16.3. The third-order valence-corrected chi connectivity index (χ3v) is 3.89. The number of carbonyl (C=O) groups excluding carboxylic acids is 1. The highest BCUT2D eigenvalue weighted by molar-refractivity contribution is 5.93. The number of imidazole rings is 1. The number of nitrogens with zero attached hydrogens (tertiary/aromatic N) is 2. The van der Waals surface area contributed by atoms with E-state index in [1.165, 1.54) is 6.20 Å². The van der Waals surface area contributed by atoms with Crippen LogP contribution >= 0.6 is 0 Å². The van der Waals surface area contributed by atoms with Crippen molar-refractivity contribution in [2.24, 2.45) is 0 Å². The second-order valence-corrected chi connectivity index (χ2v) is 5.81. The number of nitrogens with one attached hydrogen (secondary N) is 1. The molecule has 0 unspecified atom stereocenters. The third-order valence-electron chi connectivity index (χ3n) is 3.89. The van der Waals surface area contributed by atoms with E-state index in [9.17, 15) is 9.90 Å². The molecule has 3 rings (SSSR count). The number of hydrogen-bond donors (Lipinski definition) is 2. The van der Waals surface area contributed by atoms with E-state index >= 15 is 0 Å². The zero-order valence-electron chi connectivity index (χ0n) is 13.4. The molecular formula is C19H19N3O2. The number of carbonyl (C=O) groups is 1. The van der Waals surface area contributed by atoms with Gasteiger partial charge in [-0.1, -0.05) is 48.5 Å². The minimum absolute atomic E-state index is 0.107. The average Bonchev–Trinajstić information content (AvgIpc) is 3.11. The summed E-state index contributed by atoms with van der Waals surface area (Å²) >= 11 is 0. The van der Waals surface area contributed by atoms with Crippen LogP contribution in [0.1, 0.15) is 23.0 Å². The van der Waals surface area contributed by atoms with Crippen molar-refractivity contribution < 1.29 is 9.90 Å². The van der Waals surface area contributed by atoms with E-state index in [0.717, 1.165) is 11.3 Å². The van der Waals surface area contributed by atoms with Gasteiger partial charge in [-0.25, -0.2) is 4.98 Å². The van der Waals surface area contributed by atoms with Gasteiger partial charge in [0, 0.05) is 5.69 Å². The standard InChI is InChI=1S/C19H19N3O2/c1-19(24,15-8-4-2-5-9-15)13-21-18(23)17-12-20-14-22(17)16-10-6-3-7-11-16/h2-12,14,24H,13H2,1H3,(H,21,23)/t19-/m1/s1. The molecule has 122 valence electrons. The molecule has 3 aromatic rings. The molecular weight excluding hydrogens is 302 g/mol. The summed E-state index contributed by atoms with van der Waals surface area (Å²) in [4.78, 5) is 16.6. The van der Waals surface area contributed by atoms with Crippen molar-refractivity contribution in [2.75, 3.05) is 6.54 Å². The number of rotatable bonds is 5. The first-order valence-corrected chi connectivity index (χ1v) is 7.72. The van der Waals surface area contributed by atoms with E-state index in [4.69, 9.17) is 0 Å². The quantitative estimate of drug-likeness (QED) is 0.759. The molecule has 0 saturated carbocycles. The zero-order chi connectivity index (χ0) is 17.0. The lowest BCUT2D eigenvalue weighted by atomic mass is 9.96. The average molecular weight is 321 g/mol. The number of hydrogen-bond acceptors (Lipinski definition) is 3. The normalized spacial score (nSPS) is 13.2. The molecule has 0 aliphatic heterocycles. The van der Waals surface area contributed by atoms with Gasteiger partial charge in [-0.3, -0.25) is 9.36 Å². The number of para-hydroxylation sites is 1. The van der Waals surface area contributed by atoms with Gasteiger partial charge in [0.2, 0.25) is 0 Å². The summed E-state index contributed by atoms with van der Waals surface area (Å²) < 4.78 is 1.71. The summed E-state index contributed by atoms with van der Waals surface area (Å²) in [6.07, 6.45) is 3.11. The Hall–Kier alpha value is -2.92. The maximum atomic E-state index is 12.5. The van der Waals surface area contributed by atoms with E-state index in [1.54, 1.807) is 17.8 Å². The molecule has 0 aliphatic carbocycles. The molecule has 2 aromatic carbocycles. The van der Waals surface area contributed by atoms with Crippen molar-refractivity contribution in [3.8, 4) is 5.69 Å². The topological polar surface area (TPSA) is 67.2 Å². The number of amides is 1. The molecule has 0 aliphatic rings. The zero-order valence-corrected chi connectivity index (χ0v) is 13.4. The summed E-state index contributed by atoms with van der Waals surface area (Å²) in [7, 11) is 0. The summed E-state index contributed by atoms with van der Waals surface area (Å²) in [6.45, 7) is 1.78. The molecule has 24 heavy (non-hydrogen) atoms. The first kappa shape index (κ1) is 16.0. The van der Waals surface area contributed by atoms with E-state index in [2.05, 4.69) is 10.3 Å². The summed E-state index contributed by atoms with van der Waals surface area (Å²) in [5.74, 6) is -0.285. The van der Waals surface area contributed by atoms with Gasteiger partial charge in [0.05, 0.1) is 19.1 Å². The highest BCUT2D eigenvalue weighted by Crippen LogP contribution is 2.19. The van der Waals surface area contributed by atoms with Gasteiger partial charge in [-0.15, -0.1) is 0 Å². The second kappa shape index (κ2) is 6.68. The van der Waals surface area contributed by atoms with Crippen LogP contribution in [0.5, 0.6) is 0 Å². The van der Waals surface area contributed by atoms with Crippen molar-refractivity contribution in [2.45, 2.75) is 12.5 Å². The molecule has 0 saturated heterocycles. The Kier molecular flexibility index (Phi) is 4.44. The molecule has 0 bridgehead atoms. The third kappa shape index (κ3) is 3.36. The number of aliphatic hydroxyl groups is 1. The summed E-state index contributed by atoms with van der Waals surface area (Å²) in [5.41, 5.74) is 0.885. The van der Waals surface area contributed by atoms with E-state index in [1.807, 2.05) is 60.7 Å². The van der Waals surface area contributed by atoms with Crippen LogP contribution in [-0.4, -0.2) is 27.1 Å². The molecule has 0 spiro atoms. The molecule has 1 heterocycles. The molecule has 0 fully saturated rings. The Bertz CT molecular complexity index is 811. The van der Waals surface area contributed by atoms with E-state index in [0.29, 0.717) is 5.69 Å². The maximum absolute atomic E-state index is 12.5. The molecule has 0 radical (unpaired) electrons. The fourth-order valence-electron chi connectivity index (χ4n) is 2.50. The van der Waals surface area contributed by atoms with Gasteiger partial charge in [0.25, 0.3) is 5.91 Å². The Morgan fingerprint density at radius 3 is 2.42 bits per heavy atom.